The van der Waals surface area contributed by atoms with Crippen molar-refractivity contribution in [3.8, 4) is 23.3 Å². The number of hydrogen-bond acceptors (Lipinski definition) is 7. The van der Waals surface area contributed by atoms with Gasteiger partial charge in [0.15, 0.2) is 18.1 Å². The Hall–Kier alpha value is -3.50. The fraction of sp³-hybridized carbons (Fsp3) is 0.190. The van der Waals surface area contributed by atoms with Gasteiger partial charge in [0.2, 0.25) is 0 Å². The number of carbonyl (C=O) groups excluding carboxylic acids is 2. The fourth-order valence-corrected chi connectivity index (χ4v) is 2.32. The van der Waals surface area contributed by atoms with E-state index in [2.05, 4.69) is 0 Å². The van der Waals surface area contributed by atoms with Crippen molar-refractivity contribution in [3.05, 3.63) is 58.6 Å². The maximum atomic E-state index is 12.0. The van der Waals surface area contributed by atoms with Gasteiger partial charge >= 0.3 is 11.9 Å². The van der Waals surface area contributed by atoms with Crippen LogP contribution in [0, 0.1) is 11.3 Å². The average molecular weight is 416 g/mol. The number of halogens is 1. The lowest BCUT2D eigenvalue weighted by molar-refractivity contribution is -0.138. The maximum Gasteiger partial charge on any atom is 0.349 e. The number of rotatable bonds is 8. The maximum absolute atomic E-state index is 12.0. The quantitative estimate of drug-likeness (QED) is 0.280. The van der Waals surface area contributed by atoms with Gasteiger partial charge in [-0.3, -0.25) is 0 Å². The number of nitrogens with zero attached hydrogens (tertiary/aromatic N) is 1. The Balaban J connectivity index is 2.07. The van der Waals surface area contributed by atoms with Gasteiger partial charge in [0.25, 0.3) is 0 Å². The first-order valence-corrected chi connectivity index (χ1v) is 8.90. The van der Waals surface area contributed by atoms with Crippen LogP contribution in [0.2, 0.25) is 5.02 Å². The third kappa shape index (κ3) is 6.55. The molecule has 0 aliphatic heterocycles. The fourth-order valence-electron chi connectivity index (χ4n) is 2.20. The second-order valence-corrected chi connectivity index (χ2v) is 5.95. The summed E-state index contributed by atoms with van der Waals surface area (Å²) < 4.78 is 20.6. The molecule has 0 aromatic heterocycles. The Morgan fingerprint density at radius 2 is 1.86 bits per heavy atom. The number of esters is 2. The first-order valence-electron chi connectivity index (χ1n) is 8.52. The van der Waals surface area contributed by atoms with E-state index in [1.165, 1.54) is 25.3 Å². The molecule has 29 heavy (non-hydrogen) atoms. The van der Waals surface area contributed by atoms with Crippen LogP contribution in [0.1, 0.15) is 12.5 Å². The van der Waals surface area contributed by atoms with E-state index < -0.39 is 11.9 Å². The molecule has 0 aliphatic rings. The van der Waals surface area contributed by atoms with Gasteiger partial charge in [-0.15, -0.1) is 0 Å². The van der Waals surface area contributed by atoms with Crippen LogP contribution in [-0.4, -0.2) is 32.3 Å². The normalized spacial score (nSPS) is 10.6. The van der Waals surface area contributed by atoms with Crippen LogP contribution in [0.4, 0.5) is 0 Å². The summed E-state index contributed by atoms with van der Waals surface area (Å²) in [4.78, 5) is 23.8. The molecule has 0 aliphatic carbocycles. The van der Waals surface area contributed by atoms with E-state index in [1.807, 2.05) is 0 Å². The molecule has 8 heteroatoms. The van der Waals surface area contributed by atoms with Crippen molar-refractivity contribution < 1.29 is 28.5 Å². The molecular weight excluding hydrogens is 398 g/mol. The van der Waals surface area contributed by atoms with E-state index in [0.29, 0.717) is 16.3 Å². The first kappa shape index (κ1) is 21.8. The monoisotopic (exact) mass is 415 g/mol. The van der Waals surface area contributed by atoms with Crippen LogP contribution in [0.5, 0.6) is 17.2 Å². The highest BCUT2D eigenvalue weighted by Crippen LogP contribution is 2.29. The van der Waals surface area contributed by atoms with Crippen molar-refractivity contribution in [2.24, 2.45) is 0 Å². The number of methoxy groups -OCH3 is 1. The van der Waals surface area contributed by atoms with E-state index >= 15 is 0 Å². The zero-order valence-electron chi connectivity index (χ0n) is 15.8. The predicted molar refractivity (Wildman–Crippen MR) is 106 cm³/mol. The van der Waals surface area contributed by atoms with Crippen LogP contribution in [0.15, 0.2) is 48.0 Å². The summed E-state index contributed by atoms with van der Waals surface area (Å²) in [6.07, 6.45) is 1.36. The third-order valence-electron chi connectivity index (χ3n) is 3.51. The summed E-state index contributed by atoms with van der Waals surface area (Å²) in [6, 6.07) is 12.9. The first-order chi connectivity index (χ1) is 14.0. The van der Waals surface area contributed by atoms with E-state index in [0.717, 1.165) is 0 Å². The van der Waals surface area contributed by atoms with Crippen molar-refractivity contribution in [3.63, 3.8) is 0 Å². The number of hydrogen-bond donors (Lipinski definition) is 0. The Morgan fingerprint density at radius 3 is 2.48 bits per heavy atom. The topological polar surface area (TPSA) is 94.9 Å². The molecule has 0 heterocycles. The van der Waals surface area contributed by atoms with Gasteiger partial charge in [-0.2, -0.15) is 5.26 Å². The standard InChI is InChI=1S/C21H18ClNO6/c1-3-27-21(25)15(12-23)10-14-4-9-18(19(11-14)26-2)29-20(24)13-28-17-7-5-16(22)6-8-17/h4-11H,3,13H2,1-2H3/b15-10+. The van der Waals surface area contributed by atoms with Gasteiger partial charge in [0.05, 0.1) is 13.7 Å². The number of ether oxygens (including phenoxy) is 4. The minimum atomic E-state index is -0.719. The zero-order valence-corrected chi connectivity index (χ0v) is 16.6. The molecule has 150 valence electrons. The summed E-state index contributed by atoms with van der Waals surface area (Å²) in [7, 11) is 1.40. The zero-order chi connectivity index (χ0) is 21.2. The lowest BCUT2D eigenvalue weighted by Gasteiger charge is -2.11. The van der Waals surface area contributed by atoms with Crippen LogP contribution >= 0.6 is 11.6 Å². The molecule has 0 N–H and O–H groups in total. The molecule has 0 amide bonds. The minimum absolute atomic E-state index is 0.157. The molecule has 0 fully saturated rings. The molecule has 7 nitrogen and oxygen atoms in total. The van der Waals surface area contributed by atoms with Gasteiger partial charge in [-0.25, -0.2) is 9.59 Å². The number of benzene rings is 2. The number of nitriles is 1. The van der Waals surface area contributed by atoms with Crippen LogP contribution in [0.25, 0.3) is 6.08 Å². The summed E-state index contributed by atoms with van der Waals surface area (Å²) >= 11 is 5.79. The lowest BCUT2D eigenvalue weighted by atomic mass is 10.1. The van der Waals surface area contributed by atoms with Crippen molar-refractivity contribution in [2.75, 3.05) is 20.3 Å². The Kier molecular flexibility index (Phi) is 8.07. The molecular formula is C21H18ClNO6. The van der Waals surface area contributed by atoms with Crippen molar-refractivity contribution in [1.82, 2.24) is 0 Å². The second-order valence-electron chi connectivity index (χ2n) is 5.52. The van der Waals surface area contributed by atoms with Gasteiger partial charge in [0, 0.05) is 5.02 Å². The largest absolute Gasteiger partial charge is 0.493 e. The summed E-state index contributed by atoms with van der Waals surface area (Å²) in [5.41, 5.74) is 0.346. The highest BCUT2D eigenvalue weighted by molar-refractivity contribution is 6.30. The highest BCUT2D eigenvalue weighted by atomic mass is 35.5. The molecule has 0 atom stereocenters. The van der Waals surface area contributed by atoms with Gasteiger partial charge in [-0.1, -0.05) is 17.7 Å². The molecule has 0 saturated heterocycles. The minimum Gasteiger partial charge on any atom is -0.493 e. The van der Waals surface area contributed by atoms with Crippen molar-refractivity contribution in [1.29, 1.82) is 5.26 Å². The molecule has 0 spiro atoms. The van der Waals surface area contributed by atoms with Crippen LogP contribution < -0.4 is 14.2 Å². The molecule has 0 unspecified atom stereocenters. The number of carbonyl (C=O) groups is 2. The van der Waals surface area contributed by atoms with Crippen LogP contribution in [-0.2, 0) is 14.3 Å². The van der Waals surface area contributed by atoms with Crippen molar-refractivity contribution in [2.45, 2.75) is 6.92 Å². The van der Waals surface area contributed by atoms with Gasteiger partial charge < -0.3 is 18.9 Å². The van der Waals surface area contributed by atoms with E-state index in [9.17, 15) is 9.59 Å². The predicted octanol–water partition coefficient (Wildman–Crippen LogP) is 3.80. The lowest BCUT2D eigenvalue weighted by Crippen LogP contribution is -2.18. The van der Waals surface area contributed by atoms with E-state index in [4.69, 9.17) is 35.8 Å². The molecule has 0 saturated carbocycles. The van der Waals surface area contributed by atoms with E-state index in [-0.39, 0.29) is 30.3 Å². The van der Waals surface area contributed by atoms with E-state index in [1.54, 1.807) is 43.3 Å². The summed E-state index contributed by atoms with van der Waals surface area (Å²) in [6.45, 7) is 1.50. The van der Waals surface area contributed by atoms with Crippen molar-refractivity contribution >= 4 is 29.6 Å². The Bertz CT molecular complexity index is 947. The molecule has 0 bridgehead atoms. The van der Waals surface area contributed by atoms with Gasteiger partial charge in [0.1, 0.15) is 17.4 Å². The Morgan fingerprint density at radius 1 is 1.14 bits per heavy atom. The summed E-state index contributed by atoms with van der Waals surface area (Å²) in [5.74, 6) is -0.458. The average Bonchev–Trinajstić information content (AvgIpc) is 2.72. The Labute approximate surface area is 173 Å². The highest BCUT2D eigenvalue weighted by Gasteiger charge is 2.14. The van der Waals surface area contributed by atoms with Crippen LogP contribution in [0.3, 0.4) is 0 Å². The molecule has 2 rings (SSSR count). The molecule has 2 aromatic carbocycles. The van der Waals surface area contributed by atoms with Gasteiger partial charge in [-0.05, 0) is 55.0 Å². The smallest absolute Gasteiger partial charge is 0.349 e. The second kappa shape index (κ2) is 10.7. The molecule has 2 aromatic rings. The third-order valence-corrected chi connectivity index (χ3v) is 3.76. The molecule has 0 radical (unpaired) electrons. The SMILES string of the molecule is CCOC(=O)/C(C#N)=C/c1ccc(OC(=O)COc2ccc(Cl)cc2)c(OC)c1. The summed E-state index contributed by atoms with van der Waals surface area (Å²) in [5, 5.41) is 9.67.